The molecule has 0 N–H and O–H groups in total. The minimum absolute atomic E-state index is 0.668. The van der Waals surface area contributed by atoms with Crippen LogP contribution in [0.1, 0.15) is 22.4 Å². The Morgan fingerprint density at radius 1 is 0.500 bits per heavy atom. The Balaban J connectivity index is 1.48. The van der Waals surface area contributed by atoms with Crippen molar-refractivity contribution in [2.45, 2.75) is 5.41 Å². The Labute approximate surface area is 249 Å². The van der Waals surface area contributed by atoms with Gasteiger partial charge in [0, 0.05) is 16.1 Å². The Morgan fingerprint density at radius 2 is 1.14 bits per heavy atom. The van der Waals surface area contributed by atoms with E-state index in [9.17, 15) is 0 Å². The fourth-order valence-electron chi connectivity index (χ4n) is 6.41. The van der Waals surface area contributed by atoms with Crippen molar-refractivity contribution in [3.63, 3.8) is 0 Å². The van der Waals surface area contributed by atoms with Crippen molar-refractivity contribution in [2.75, 3.05) is 0 Å². The van der Waals surface area contributed by atoms with Gasteiger partial charge in [0.05, 0.1) is 16.6 Å². The van der Waals surface area contributed by atoms with Gasteiger partial charge in [0.2, 0.25) is 0 Å². The fraction of sp³-hybridized carbons (Fsp3) is 0.0263. The molecule has 0 bridgehead atoms. The predicted molar refractivity (Wildman–Crippen MR) is 171 cm³/mol. The first-order valence-electron chi connectivity index (χ1n) is 14.0. The van der Waals surface area contributed by atoms with Gasteiger partial charge in [-0.3, -0.25) is 0 Å². The summed E-state index contributed by atoms with van der Waals surface area (Å²) in [4.78, 5) is 15.6. The maximum Gasteiger partial charge on any atom is 0.160 e. The minimum Gasteiger partial charge on any atom is -0.247 e. The molecule has 1 unspecified atom stereocenters. The van der Waals surface area contributed by atoms with Crippen molar-refractivity contribution in [2.24, 2.45) is 0 Å². The minimum atomic E-state index is -0.668. The number of nitrogens with zero attached hydrogens (tertiary/aromatic N) is 3. The molecule has 0 radical (unpaired) electrons. The third-order valence-electron chi connectivity index (χ3n) is 8.22. The molecule has 8 rings (SSSR count). The van der Waals surface area contributed by atoms with Gasteiger partial charge in [0.15, 0.2) is 5.82 Å². The zero-order valence-corrected chi connectivity index (χ0v) is 23.3. The lowest BCUT2D eigenvalue weighted by Crippen LogP contribution is -2.30. The first-order chi connectivity index (χ1) is 20.7. The number of hydrogen-bond donors (Lipinski definition) is 0. The van der Waals surface area contributed by atoms with Crippen LogP contribution in [0.4, 0.5) is 0 Å². The Kier molecular flexibility index (Phi) is 5.73. The topological polar surface area (TPSA) is 38.7 Å². The van der Waals surface area contributed by atoms with E-state index in [4.69, 9.17) is 26.6 Å². The molecule has 0 spiro atoms. The van der Waals surface area contributed by atoms with E-state index in [0.717, 1.165) is 44.7 Å². The number of pyridine rings is 1. The highest BCUT2D eigenvalue weighted by atomic mass is 35.5. The van der Waals surface area contributed by atoms with E-state index in [1.807, 2.05) is 54.6 Å². The summed E-state index contributed by atoms with van der Waals surface area (Å²) < 4.78 is 0. The lowest BCUT2D eigenvalue weighted by molar-refractivity contribution is 0.739. The molecule has 42 heavy (non-hydrogen) atoms. The molecule has 5 aromatic carbocycles. The van der Waals surface area contributed by atoms with E-state index in [2.05, 4.69) is 91.0 Å². The Hall–Kier alpha value is -5.12. The van der Waals surface area contributed by atoms with E-state index < -0.39 is 5.41 Å². The second-order valence-corrected chi connectivity index (χ2v) is 11.0. The van der Waals surface area contributed by atoms with Crippen LogP contribution in [0, 0.1) is 0 Å². The van der Waals surface area contributed by atoms with Gasteiger partial charge >= 0.3 is 0 Å². The summed E-state index contributed by atoms with van der Waals surface area (Å²) in [6.45, 7) is 0. The fourth-order valence-corrected chi connectivity index (χ4v) is 6.58. The lowest BCUT2D eigenvalue weighted by atomic mass is 9.70. The molecule has 0 saturated carbocycles. The van der Waals surface area contributed by atoms with Crippen LogP contribution in [0.3, 0.4) is 0 Å². The first kappa shape index (κ1) is 24.7. The van der Waals surface area contributed by atoms with Crippen LogP contribution >= 0.6 is 11.6 Å². The van der Waals surface area contributed by atoms with Gasteiger partial charge in [-0.05, 0) is 52.1 Å². The molecule has 2 heterocycles. The highest BCUT2D eigenvalue weighted by Gasteiger charge is 2.47. The molecule has 4 heteroatoms. The first-order valence-corrected chi connectivity index (χ1v) is 14.4. The number of halogens is 1. The second kappa shape index (κ2) is 9.76. The molecule has 1 aliphatic rings. The Bertz CT molecular complexity index is 2090. The molecule has 0 saturated heterocycles. The summed E-state index contributed by atoms with van der Waals surface area (Å²) in [5.41, 5.74) is 10.4. The van der Waals surface area contributed by atoms with Crippen LogP contribution in [0.25, 0.3) is 44.8 Å². The van der Waals surface area contributed by atoms with Gasteiger partial charge in [-0.25, -0.2) is 15.0 Å². The zero-order chi connectivity index (χ0) is 28.1. The SMILES string of the molecule is Clc1ccc2c(c1)C(c1ccccc1)(c1ccc3nc(-c4ccccc4)nc(-c4ccccc4)c3n1)c1ccccc1-2. The van der Waals surface area contributed by atoms with Crippen molar-refractivity contribution in [1.82, 2.24) is 15.0 Å². The molecule has 3 nitrogen and oxygen atoms in total. The van der Waals surface area contributed by atoms with Crippen LogP contribution in [0.5, 0.6) is 0 Å². The van der Waals surface area contributed by atoms with Crippen LogP contribution in [-0.2, 0) is 5.41 Å². The predicted octanol–water partition coefficient (Wildman–Crippen LogP) is 9.38. The second-order valence-electron chi connectivity index (χ2n) is 10.5. The number of fused-ring (bicyclic) bond motifs is 4. The number of rotatable bonds is 4. The molecule has 198 valence electrons. The third kappa shape index (κ3) is 3.71. The van der Waals surface area contributed by atoms with E-state index in [-0.39, 0.29) is 0 Å². The summed E-state index contributed by atoms with van der Waals surface area (Å²) in [5, 5.41) is 0.698. The van der Waals surface area contributed by atoms with Gasteiger partial charge in [-0.15, -0.1) is 0 Å². The summed E-state index contributed by atoms with van der Waals surface area (Å²) in [6, 6.07) is 50.0. The van der Waals surface area contributed by atoms with E-state index in [1.165, 1.54) is 16.7 Å². The summed E-state index contributed by atoms with van der Waals surface area (Å²) >= 11 is 6.70. The standard InChI is InChI=1S/C38H24ClN3/c39-28-20-21-30-29-18-10-11-19-31(29)38(32(30)24-28,27-16-8-3-9-17-27)34-23-22-33-36(41-34)35(25-12-4-1-5-13-25)42-37(40-33)26-14-6-2-7-15-26/h1-24H. The molecule has 7 aromatic rings. The van der Waals surface area contributed by atoms with Crippen LogP contribution in [0.15, 0.2) is 146 Å². The van der Waals surface area contributed by atoms with Crippen molar-refractivity contribution in [3.8, 4) is 33.8 Å². The quantitative estimate of drug-likeness (QED) is 0.216. The normalized spacial score (nSPS) is 15.4. The molecule has 0 amide bonds. The summed E-state index contributed by atoms with van der Waals surface area (Å²) in [7, 11) is 0. The molecule has 1 aliphatic carbocycles. The molecule has 0 fully saturated rings. The van der Waals surface area contributed by atoms with Crippen LogP contribution in [0.2, 0.25) is 5.02 Å². The van der Waals surface area contributed by atoms with E-state index in [1.54, 1.807) is 0 Å². The smallest absolute Gasteiger partial charge is 0.160 e. The molecule has 2 aromatic heterocycles. The monoisotopic (exact) mass is 557 g/mol. The number of benzene rings is 5. The Morgan fingerprint density at radius 3 is 1.90 bits per heavy atom. The third-order valence-corrected chi connectivity index (χ3v) is 8.45. The van der Waals surface area contributed by atoms with Gasteiger partial charge in [0.1, 0.15) is 11.2 Å². The van der Waals surface area contributed by atoms with Crippen molar-refractivity contribution in [1.29, 1.82) is 0 Å². The maximum absolute atomic E-state index is 6.70. The van der Waals surface area contributed by atoms with Crippen LogP contribution in [-0.4, -0.2) is 15.0 Å². The van der Waals surface area contributed by atoms with Crippen molar-refractivity contribution >= 4 is 22.6 Å². The molecule has 0 aliphatic heterocycles. The number of aromatic nitrogens is 3. The lowest BCUT2D eigenvalue weighted by Gasteiger charge is -2.33. The van der Waals surface area contributed by atoms with Crippen LogP contribution < -0.4 is 0 Å². The molecular weight excluding hydrogens is 534 g/mol. The molecular formula is C38H24ClN3. The van der Waals surface area contributed by atoms with Gasteiger partial charge in [0.25, 0.3) is 0 Å². The molecule has 1 atom stereocenters. The van der Waals surface area contributed by atoms with Gasteiger partial charge < -0.3 is 0 Å². The largest absolute Gasteiger partial charge is 0.247 e. The summed E-state index contributed by atoms with van der Waals surface area (Å²) in [6.07, 6.45) is 0. The summed E-state index contributed by atoms with van der Waals surface area (Å²) in [5.74, 6) is 0.678. The van der Waals surface area contributed by atoms with E-state index >= 15 is 0 Å². The zero-order valence-electron chi connectivity index (χ0n) is 22.6. The van der Waals surface area contributed by atoms with Crippen molar-refractivity contribution < 1.29 is 0 Å². The van der Waals surface area contributed by atoms with Gasteiger partial charge in [-0.1, -0.05) is 133 Å². The van der Waals surface area contributed by atoms with Gasteiger partial charge in [-0.2, -0.15) is 0 Å². The number of hydrogen-bond acceptors (Lipinski definition) is 3. The maximum atomic E-state index is 6.70. The van der Waals surface area contributed by atoms with E-state index in [0.29, 0.717) is 10.8 Å². The average Bonchev–Trinajstić information content (AvgIpc) is 3.35. The highest BCUT2D eigenvalue weighted by Crippen LogP contribution is 2.56. The average molecular weight is 558 g/mol. The highest BCUT2D eigenvalue weighted by molar-refractivity contribution is 6.30. The van der Waals surface area contributed by atoms with Crippen molar-refractivity contribution in [3.05, 3.63) is 173 Å².